The highest BCUT2D eigenvalue weighted by molar-refractivity contribution is 7.98. The maximum absolute atomic E-state index is 5.22. The van der Waals surface area contributed by atoms with Gasteiger partial charge in [0.1, 0.15) is 5.75 Å². The normalized spacial score (nSPS) is 9.71. The first-order valence-electron chi connectivity index (χ1n) is 4.10. The molecule has 1 aromatic rings. The molecule has 0 bridgehead atoms. The van der Waals surface area contributed by atoms with Crippen molar-refractivity contribution in [3.63, 3.8) is 0 Å². The summed E-state index contributed by atoms with van der Waals surface area (Å²) in [5.41, 5.74) is 0. The van der Waals surface area contributed by atoms with E-state index in [4.69, 9.17) is 14.2 Å². The second-order valence-corrected chi connectivity index (χ2v) is 3.41. The van der Waals surface area contributed by atoms with Gasteiger partial charge in [-0.1, -0.05) is 0 Å². The minimum atomic E-state index is 0.683. The predicted octanol–water partition coefficient (Wildman–Crippen LogP) is 2.43. The van der Waals surface area contributed by atoms with E-state index in [-0.39, 0.29) is 0 Å². The zero-order valence-electron chi connectivity index (χ0n) is 8.79. The van der Waals surface area contributed by atoms with Gasteiger partial charge in [0, 0.05) is 12.1 Å². The molecule has 0 unspecified atom stereocenters. The van der Waals surface area contributed by atoms with Crippen LogP contribution in [0, 0.1) is 0 Å². The van der Waals surface area contributed by atoms with Crippen molar-refractivity contribution in [1.82, 2.24) is 0 Å². The first-order chi connectivity index (χ1) is 6.76. The van der Waals surface area contributed by atoms with Crippen LogP contribution < -0.4 is 14.2 Å². The zero-order valence-corrected chi connectivity index (χ0v) is 9.60. The number of rotatable bonds is 4. The van der Waals surface area contributed by atoms with Gasteiger partial charge in [0.15, 0.2) is 11.5 Å². The fourth-order valence-electron chi connectivity index (χ4n) is 1.16. The number of methoxy groups -OCH3 is 3. The van der Waals surface area contributed by atoms with Crippen molar-refractivity contribution in [3.05, 3.63) is 12.1 Å². The Balaban J connectivity index is 3.20. The molecular formula is C10H14O3S. The summed E-state index contributed by atoms with van der Waals surface area (Å²) in [5, 5.41) is 0. The summed E-state index contributed by atoms with van der Waals surface area (Å²) in [5.74, 6) is 2.20. The Morgan fingerprint density at radius 2 is 1.36 bits per heavy atom. The molecule has 1 rings (SSSR count). The Labute approximate surface area is 88.4 Å². The van der Waals surface area contributed by atoms with Crippen molar-refractivity contribution >= 4 is 11.8 Å². The molecule has 0 aliphatic heterocycles. The SMILES string of the molecule is COc1cc(OC)c(SC)cc1OC. The van der Waals surface area contributed by atoms with Crippen LogP contribution in [0.1, 0.15) is 0 Å². The molecule has 78 valence electrons. The molecule has 14 heavy (non-hydrogen) atoms. The summed E-state index contributed by atoms with van der Waals surface area (Å²) in [4.78, 5) is 1.03. The third-order valence-electron chi connectivity index (χ3n) is 1.89. The summed E-state index contributed by atoms with van der Waals surface area (Å²) in [6.45, 7) is 0. The lowest BCUT2D eigenvalue weighted by molar-refractivity contribution is 0.345. The molecule has 4 heteroatoms. The second-order valence-electron chi connectivity index (χ2n) is 2.56. The Morgan fingerprint density at radius 3 is 1.79 bits per heavy atom. The molecule has 0 saturated carbocycles. The number of thioether (sulfide) groups is 1. The number of hydrogen-bond acceptors (Lipinski definition) is 4. The van der Waals surface area contributed by atoms with Gasteiger partial charge in [0.2, 0.25) is 0 Å². The largest absolute Gasteiger partial charge is 0.495 e. The smallest absolute Gasteiger partial charge is 0.164 e. The van der Waals surface area contributed by atoms with Crippen molar-refractivity contribution in [2.24, 2.45) is 0 Å². The van der Waals surface area contributed by atoms with E-state index >= 15 is 0 Å². The van der Waals surface area contributed by atoms with Gasteiger partial charge in [0.25, 0.3) is 0 Å². The van der Waals surface area contributed by atoms with Crippen LogP contribution in [0.5, 0.6) is 17.2 Å². The summed E-state index contributed by atoms with van der Waals surface area (Å²) in [6.07, 6.45) is 1.99. The van der Waals surface area contributed by atoms with Crippen molar-refractivity contribution < 1.29 is 14.2 Å². The molecule has 0 aromatic heterocycles. The lowest BCUT2D eigenvalue weighted by Crippen LogP contribution is -1.93. The molecule has 0 heterocycles. The molecule has 0 spiro atoms. The van der Waals surface area contributed by atoms with Gasteiger partial charge in [-0.15, -0.1) is 11.8 Å². The highest BCUT2D eigenvalue weighted by Gasteiger charge is 2.10. The molecule has 0 aliphatic carbocycles. The lowest BCUT2D eigenvalue weighted by atomic mass is 10.3. The fraction of sp³-hybridized carbons (Fsp3) is 0.400. The number of hydrogen-bond donors (Lipinski definition) is 0. The van der Waals surface area contributed by atoms with Gasteiger partial charge in [-0.05, 0) is 6.26 Å². The van der Waals surface area contributed by atoms with Gasteiger partial charge in [-0.25, -0.2) is 0 Å². The maximum atomic E-state index is 5.22. The summed E-state index contributed by atoms with van der Waals surface area (Å²) < 4.78 is 15.6. The molecule has 3 nitrogen and oxygen atoms in total. The number of benzene rings is 1. The van der Waals surface area contributed by atoms with Gasteiger partial charge < -0.3 is 14.2 Å². The van der Waals surface area contributed by atoms with E-state index in [1.807, 2.05) is 18.4 Å². The minimum absolute atomic E-state index is 0.683. The van der Waals surface area contributed by atoms with E-state index in [1.54, 1.807) is 33.1 Å². The average molecular weight is 214 g/mol. The first kappa shape index (κ1) is 11.0. The van der Waals surface area contributed by atoms with Crippen LogP contribution in [0.2, 0.25) is 0 Å². The highest BCUT2D eigenvalue weighted by atomic mass is 32.2. The molecule has 0 aliphatic rings. The molecule has 1 aromatic carbocycles. The topological polar surface area (TPSA) is 27.7 Å². The first-order valence-corrected chi connectivity index (χ1v) is 5.33. The van der Waals surface area contributed by atoms with Crippen LogP contribution in [0.15, 0.2) is 17.0 Å². The summed E-state index contributed by atoms with van der Waals surface area (Å²) >= 11 is 1.61. The lowest BCUT2D eigenvalue weighted by Gasteiger charge is -2.12. The standard InChI is InChI=1S/C10H14O3S/c1-11-7-5-9(13-3)10(14-4)6-8(7)12-2/h5-6H,1-4H3. The molecule has 0 atom stereocenters. The third kappa shape index (κ3) is 2.07. The minimum Gasteiger partial charge on any atom is -0.495 e. The monoisotopic (exact) mass is 214 g/mol. The van der Waals surface area contributed by atoms with Crippen molar-refractivity contribution in [3.8, 4) is 17.2 Å². The van der Waals surface area contributed by atoms with Gasteiger partial charge in [0.05, 0.1) is 26.2 Å². The third-order valence-corrected chi connectivity index (χ3v) is 2.65. The van der Waals surface area contributed by atoms with E-state index in [1.165, 1.54) is 0 Å². The molecule has 0 saturated heterocycles. The quantitative estimate of drug-likeness (QED) is 0.719. The van der Waals surface area contributed by atoms with E-state index in [0.717, 1.165) is 16.4 Å². The Morgan fingerprint density at radius 1 is 0.857 bits per heavy atom. The molecular weight excluding hydrogens is 200 g/mol. The van der Waals surface area contributed by atoms with Crippen LogP contribution in [-0.4, -0.2) is 27.6 Å². The van der Waals surface area contributed by atoms with Crippen LogP contribution in [0.4, 0.5) is 0 Å². The van der Waals surface area contributed by atoms with Crippen molar-refractivity contribution in [2.45, 2.75) is 4.90 Å². The van der Waals surface area contributed by atoms with Crippen molar-refractivity contribution in [2.75, 3.05) is 27.6 Å². The maximum Gasteiger partial charge on any atom is 0.164 e. The van der Waals surface area contributed by atoms with Crippen LogP contribution in [0.3, 0.4) is 0 Å². The molecule has 0 fully saturated rings. The average Bonchev–Trinajstić information content (AvgIpc) is 2.26. The number of ether oxygens (including phenoxy) is 3. The van der Waals surface area contributed by atoms with Gasteiger partial charge in [-0.2, -0.15) is 0 Å². The van der Waals surface area contributed by atoms with E-state index < -0.39 is 0 Å². The van der Waals surface area contributed by atoms with Gasteiger partial charge in [-0.3, -0.25) is 0 Å². The second kappa shape index (κ2) is 5.00. The van der Waals surface area contributed by atoms with Crippen LogP contribution >= 0.6 is 11.8 Å². The van der Waals surface area contributed by atoms with Crippen molar-refractivity contribution in [1.29, 1.82) is 0 Å². The Hall–Kier alpha value is -1.03. The summed E-state index contributed by atoms with van der Waals surface area (Å²) in [6, 6.07) is 3.73. The fourth-order valence-corrected chi connectivity index (χ4v) is 1.73. The van der Waals surface area contributed by atoms with Crippen LogP contribution in [0.25, 0.3) is 0 Å². The van der Waals surface area contributed by atoms with Gasteiger partial charge >= 0.3 is 0 Å². The molecule has 0 radical (unpaired) electrons. The Bertz CT molecular complexity index is 254. The zero-order chi connectivity index (χ0) is 10.6. The van der Waals surface area contributed by atoms with Crippen LogP contribution in [-0.2, 0) is 0 Å². The molecule has 0 N–H and O–H groups in total. The van der Waals surface area contributed by atoms with E-state index in [0.29, 0.717) is 5.75 Å². The predicted molar refractivity (Wildman–Crippen MR) is 57.9 cm³/mol. The highest BCUT2D eigenvalue weighted by Crippen LogP contribution is 2.38. The Kier molecular flexibility index (Phi) is 3.95. The summed E-state index contributed by atoms with van der Waals surface area (Å²) in [7, 11) is 4.87. The van der Waals surface area contributed by atoms with E-state index in [2.05, 4.69) is 0 Å². The molecule has 0 amide bonds. The van der Waals surface area contributed by atoms with E-state index in [9.17, 15) is 0 Å².